The van der Waals surface area contributed by atoms with Crippen molar-refractivity contribution in [2.75, 3.05) is 20.2 Å². The summed E-state index contributed by atoms with van der Waals surface area (Å²) in [5.41, 5.74) is 1.52. The van der Waals surface area contributed by atoms with Crippen LogP contribution in [0.2, 0.25) is 0 Å². The van der Waals surface area contributed by atoms with Crippen molar-refractivity contribution < 1.29 is 4.74 Å². The molecule has 0 bridgehead atoms. The first-order valence-electron chi connectivity index (χ1n) is 7.69. The molecule has 0 heterocycles. The Bertz CT molecular complexity index is 512. The van der Waals surface area contributed by atoms with Crippen molar-refractivity contribution in [3.63, 3.8) is 0 Å². The Morgan fingerprint density at radius 2 is 1.57 bits per heavy atom. The summed E-state index contributed by atoms with van der Waals surface area (Å²) in [7, 11) is 2.02. The second-order valence-corrected chi connectivity index (χ2v) is 5.44. The Morgan fingerprint density at radius 3 is 2.14 bits per heavy atom. The zero-order valence-electron chi connectivity index (χ0n) is 13.0. The number of nitrogens with one attached hydrogen (secondary N) is 1. The predicted octanol–water partition coefficient (Wildman–Crippen LogP) is 4.02. The van der Waals surface area contributed by atoms with E-state index in [0.717, 1.165) is 31.7 Å². The number of para-hydroxylation sites is 1. The number of ether oxygens (including phenoxy) is 1. The van der Waals surface area contributed by atoms with Crippen LogP contribution in [0, 0.1) is 0 Å². The highest BCUT2D eigenvalue weighted by atomic mass is 16.5. The second kappa shape index (κ2) is 7.84. The fraction of sp³-hybridized carbons (Fsp3) is 0.368. The van der Waals surface area contributed by atoms with Crippen LogP contribution >= 0.6 is 0 Å². The fourth-order valence-electron chi connectivity index (χ4n) is 2.85. The molecule has 112 valence electrons. The van der Waals surface area contributed by atoms with Gasteiger partial charge in [0.15, 0.2) is 0 Å². The lowest BCUT2D eigenvalue weighted by Gasteiger charge is -2.33. The Labute approximate surface area is 128 Å². The quantitative estimate of drug-likeness (QED) is 0.790. The van der Waals surface area contributed by atoms with Gasteiger partial charge in [-0.05, 0) is 37.6 Å². The Balaban J connectivity index is 2.06. The van der Waals surface area contributed by atoms with Crippen molar-refractivity contribution in [1.82, 2.24) is 5.32 Å². The van der Waals surface area contributed by atoms with Crippen LogP contribution in [-0.2, 0) is 5.41 Å². The third kappa shape index (κ3) is 4.08. The zero-order chi connectivity index (χ0) is 15.0. The second-order valence-electron chi connectivity index (χ2n) is 5.44. The Morgan fingerprint density at radius 1 is 0.952 bits per heavy atom. The van der Waals surface area contributed by atoms with Gasteiger partial charge in [0.2, 0.25) is 0 Å². The summed E-state index contributed by atoms with van der Waals surface area (Å²) in [5, 5.41) is 3.35. The predicted molar refractivity (Wildman–Crippen MR) is 88.9 cm³/mol. The summed E-state index contributed by atoms with van der Waals surface area (Å²) in [6.45, 7) is 3.95. The SMILES string of the molecule is CCC(CCOc1ccccc1)(CNC)c1ccccc1. The molecular formula is C19H25NO. The molecule has 2 aromatic carbocycles. The van der Waals surface area contributed by atoms with Gasteiger partial charge in [-0.2, -0.15) is 0 Å². The van der Waals surface area contributed by atoms with Crippen molar-refractivity contribution >= 4 is 0 Å². The van der Waals surface area contributed by atoms with E-state index in [9.17, 15) is 0 Å². The Kier molecular flexibility index (Phi) is 5.82. The van der Waals surface area contributed by atoms with E-state index in [1.54, 1.807) is 0 Å². The Hall–Kier alpha value is -1.80. The minimum absolute atomic E-state index is 0.130. The maximum Gasteiger partial charge on any atom is 0.119 e. The van der Waals surface area contributed by atoms with Gasteiger partial charge in [0.05, 0.1) is 6.61 Å². The van der Waals surface area contributed by atoms with Crippen LogP contribution in [0.5, 0.6) is 5.75 Å². The van der Waals surface area contributed by atoms with Crippen LogP contribution in [0.15, 0.2) is 60.7 Å². The van der Waals surface area contributed by atoms with Crippen molar-refractivity contribution in [3.8, 4) is 5.75 Å². The lowest BCUT2D eigenvalue weighted by atomic mass is 9.75. The smallest absolute Gasteiger partial charge is 0.119 e. The van der Waals surface area contributed by atoms with Crippen LogP contribution in [0.4, 0.5) is 0 Å². The summed E-state index contributed by atoms with van der Waals surface area (Å²) < 4.78 is 5.90. The van der Waals surface area contributed by atoms with Gasteiger partial charge in [0.1, 0.15) is 5.75 Å². The standard InChI is InChI=1S/C19H25NO/c1-3-19(16-20-2,17-10-6-4-7-11-17)14-15-21-18-12-8-5-9-13-18/h4-13,20H,3,14-16H2,1-2H3. The molecule has 1 unspecified atom stereocenters. The maximum absolute atomic E-state index is 5.90. The van der Waals surface area contributed by atoms with Crippen molar-refractivity contribution in [1.29, 1.82) is 0 Å². The van der Waals surface area contributed by atoms with Gasteiger partial charge < -0.3 is 10.1 Å². The molecule has 0 radical (unpaired) electrons. The molecule has 0 amide bonds. The average Bonchev–Trinajstić information content (AvgIpc) is 2.56. The highest BCUT2D eigenvalue weighted by Crippen LogP contribution is 2.31. The van der Waals surface area contributed by atoms with Gasteiger partial charge in [-0.15, -0.1) is 0 Å². The maximum atomic E-state index is 5.90. The summed E-state index contributed by atoms with van der Waals surface area (Å²) in [6, 6.07) is 20.8. The normalized spacial score (nSPS) is 13.6. The van der Waals surface area contributed by atoms with Gasteiger partial charge in [-0.25, -0.2) is 0 Å². The molecule has 0 fully saturated rings. The average molecular weight is 283 g/mol. The van der Waals surface area contributed by atoms with Crippen LogP contribution in [0.3, 0.4) is 0 Å². The molecule has 0 saturated heterocycles. The molecular weight excluding hydrogens is 258 g/mol. The minimum atomic E-state index is 0.130. The third-order valence-corrected chi connectivity index (χ3v) is 4.17. The van der Waals surface area contributed by atoms with Crippen LogP contribution in [-0.4, -0.2) is 20.2 Å². The molecule has 0 aliphatic rings. The summed E-state index contributed by atoms with van der Waals surface area (Å²) in [4.78, 5) is 0. The first-order valence-corrected chi connectivity index (χ1v) is 7.69. The van der Waals surface area contributed by atoms with E-state index >= 15 is 0 Å². The van der Waals surface area contributed by atoms with Crippen LogP contribution in [0.1, 0.15) is 25.3 Å². The highest BCUT2D eigenvalue weighted by molar-refractivity contribution is 5.26. The number of likely N-dealkylation sites (N-methyl/N-ethyl adjacent to an activating group) is 1. The number of rotatable bonds is 8. The first-order chi connectivity index (χ1) is 10.3. The van der Waals surface area contributed by atoms with Gasteiger partial charge in [0, 0.05) is 12.0 Å². The van der Waals surface area contributed by atoms with E-state index in [-0.39, 0.29) is 5.41 Å². The van der Waals surface area contributed by atoms with Crippen LogP contribution < -0.4 is 10.1 Å². The number of benzene rings is 2. The summed E-state index contributed by atoms with van der Waals surface area (Å²) >= 11 is 0. The van der Waals surface area contributed by atoms with E-state index in [0.29, 0.717) is 0 Å². The minimum Gasteiger partial charge on any atom is -0.494 e. The summed E-state index contributed by atoms with van der Waals surface area (Å²) in [5.74, 6) is 0.944. The molecule has 0 aliphatic heterocycles. The zero-order valence-corrected chi connectivity index (χ0v) is 13.0. The van der Waals surface area contributed by atoms with Gasteiger partial charge in [-0.1, -0.05) is 55.5 Å². The monoisotopic (exact) mass is 283 g/mol. The van der Waals surface area contributed by atoms with Gasteiger partial charge in [-0.3, -0.25) is 0 Å². The van der Waals surface area contributed by atoms with Crippen molar-refractivity contribution in [3.05, 3.63) is 66.2 Å². The summed E-state index contributed by atoms with van der Waals surface area (Å²) in [6.07, 6.45) is 2.10. The molecule has 2 heteroatoms. The van der Waals surface area contributed by atoms with Crippen molar-refractivity contribution in [2.24, 2.45) is 0 Å². The molecule has 1 N–H and O–H groups in total. The highest BCUT2D eigenvalue weighted by Gasteiger charge is 2.29. The molecule has 1 atom stereocenters. The molecule has 0 aliphatic carbocycles. The van der Waals surface area contributed by atoms with Crippen molar-refractivity contribution in [2.45, 2.75) is 25.2 Å². The third-order valence-electron chi connectivity index (χ3n) is 4.17. The molecule has 2 aromatic rings. The topological polar surface area (TPSA) is 21.3 Å². The molecule has 0 saturated carbocycles. The van der Waals surface area contributed by atoms with Gasteiger partial charge in [0.25, 0.3) is 0 Å². The molecule has 21 heavy (non-hydrogen) atoms. The van der Waals surface area contributed by atoms with Crippen LogP contribution in [0.25, 0.3) is 0 Å². The van der Waals surface area contributed by atoms with E-state index in [4.69, 9.17) is 4.74 Å². The molecule has 2 rings (SSSR count). The molecule has 2 nitrogen and oxygen atoms in total. The first kappa shape index (κ1) is 15.6. The van der Waals surface area contributed by atoms with E-state index in [1.807, 2.05) is 37.4 Å². The largest absolute Gasteiger partial charge is 0.494 e. The number of hydrogen-bond acceptors (Lipinski definition) is 2. The van der Waals surface area contributed by atoms with E-state index in [2.05, 4.69) is 42.6 Å². The van der Waals surface area contributed by atoms with E-state index < -0.39 is 0 Å². The number of hydrogen-bond donors (Lipinski definition) is 1. The lowest BCUT2D eigenvalue weighted by molar-refractivity contribution is 0.247. The van der Waals surface area contributed by atoms with E-state index in [1.165, 1.54) is 5.56 Å². The molecule has 0 aromatic heterocycles. The fourth-order valence-corrected chi connectivity index (χ4v) is 2.85. The lowest BCUT2D eigenvalue weighted by Crippen LogP contribution is -2.37. The molecule has 0 spiro atoms. The van der Waals surface area contributed by atoms with Gasteiger partial charge >= 0.3 is 0 Å².